The highest BCUT2D eigenvalue weighted by molar-refractivity contribution is 7.00. The first-order chi connectivity index (χ1) is 36.0. The summed E-state index contributed by atoms with van der Waals surface area (Å²) in [5.74, 6) is 0. The van der Waals surface area contributed by atoms with Gasteiger partial charge in [-0.05, 0) is 94.8 Å². The maximum absolute atomic E-state index is 10.1. The Balaban J connectivity index is 1.30. The number of hydrogen-bond donors (Lipinski definition) is 0. The molecule has 13 rings (SSSR count). The predicted octanol–water partition coefficient (Wildman–Crippen LogP) is 11.4. The van der Waals surface area contributed by atoms with Gasteiger partial charge in [-0.15, -0.1) is 0 Å². The molecule has 0 bridgehead atoms. The molecule has 6 heteroatoms. The highest BCUT2D eigenvalue weighted by atomic mass is 16.3. The van der Waals surface area contributed by atoms with Gasteiger partial charge in [0.15, 0.2) is 0 Å². The lowest BCUT2D eigenvalue weighted by molar-refractivity contribution is 0.590. The molecule has 3 aliphatic heterocycles. The van der Waals surface area contributed by atoms with E-state index in [0.29, 0.717) is 0 Å². The fourth-order valence-corrected chi connectivity index (χ4v) is 8.39. The number of para-hydroxylation sites is 4. The normalized spacial score (nSPS) is 19.7. The van der Waals surface area contributed by atoms with Crippen LogP contribution in [0.1, 0.15) is 62.1 Å². The van der Waals surface area contributed by atoms with Crippen LogP contribution in [-0.4, -0.2) is 11.3 Å². The molecule has 0 radical (unpaired) electrons. The van der Waals surface area contributed by atoms with Gasteiger partial charge in [-0.3, -0.25) is 0 Å². The third kappa shape index (κ3) is 3.65. The fraction of sp³-hybridized carbons (Fsp3) is 0.102. The molecule has 0 fully saturated rings. The molecule has 10 aromatic rings. The number of benzene rings is 7. The number of nitrogens with zero attached hydrogens (tertiary/aromatic N) is 3. The van der Waals surface area contributed by atoms with Crippen molar-refractivity contribution in [2.75, 3.05) is 9.80 Å². The lowest BCUT2D eigenvalue weighted by Crippen LogP contribution is -2.61. The molecule has 0 saturated heterocycles. The van der Waals surface area contributed by atoms with E-state index in [1.165, 1.54) is 21.3 Å². The Hall–Kier alpha value is -6.66. The van der Waals surface area contributed by atoms with Crippen molar-refractivity contribution in [3.63, 3.8) is 0 Å². The number of hydrogen-bond acceptors (Lipinski definition) is 4. The van der Waals surface area contributed by atoms with Crippen LogP contribution >= 0.6 is 0 Å². The molecule has 3 aliphatic rings. The summed E-state index contributed by atoms with van der Waals surface area (Å²) in [4.78, 5) is 2.45. The average molecular weight is 730 g/mol. The summed E-state index contributed by atoms with van der Waals surface area (Å²) in [7, 11) is 0. The van der Waals surface area contributed by atoms with Crippen LogP contribution < -0.4 is 26.4 Å². The molecule has 0 N–H and O–H groups in total. The van der Waals surface area contributed by atoms with Gasteiger partial charge in [0, 0.05) is 50.0 Å². The minimum Gasteiger partial charge on any atom is -0.468 e. The van der Waals surface area contributed by atoms with Crippen LogP contribution in [0.25, 0.3) is 60.4 Å². The average Bonchev–Trinajstić information content (AvgIpc) is 3.84. The van der Waals surface area contributed by atoms with Gasteiger partial charge >= 0.3 is 0 Å². The minimum absolute atomic E-state index is 0.0521. The molecule has 5 nitrogen and oxygen atoms in total. The van der Waals surface area contributed by atoms with Gasteiger partial charge in [-0.2, -0.15) is 0 Å². The number of furan rings is 2. The molecule has 0 aliphatic carbocycles. The first kappa shape index (κ1) is 16.0. The molecule has 55 heavy (non-hydrogen) atoms. The molecule has 0 atom stereocenters. The Bertz CT molecular complexity index is 4630. The van der Waals surface area contributed by atoms with Crippen LogP contribution in [0.3, 0.4) is 0 Å². The quantitative estimate of drug-likeness (QED) is 0.158. The van der Waals surface area contributed by atoms with Crippen molar-refractivity contribution in [3.05, 3.63) is 144 Å². The van der Waals surface area contributed by atoms with Crippen molar-refractivity contribution in [2.24, 2.45) is 0 Å². The summed E-state index contributed by atoms with van der Waals surface area (Å²) in [6.45, 7) is 4.93. The van der Waals surface area contributed by atoms with Crippen LogP contribution in [0.4, 0.5) is 34.1 Å². The Kier molecular flexibility index (Phi) is 2.88. The highest BCUT2D eigenvalue weighted by Gasteiger charge is 2.49. The van der Waals surface area contributed by atoms with Crippen LogP contribution in [0.5, 0.6) is 0 Å². The third-order valence-corrected chi connectivity index (χ3v) is 10.7. The fourth-order valence-electron chi connectivity index (χ4n) is 8.39. The standard InChI is InChI=1S/C49H34BN3O2/c1-27-23-39-44-40(24-27)53-37-16-9-13-33-30-11-5-7-15-36(30)52(45(33)37)38-17-10-14-35(47(38)53)50(44)48-46(34-25-28(49(2,3)4)19-22-42(34)55-48)51(39)29-20-21-32-31-12-6-8-18-41(31)54-43(32)26-29/h5-26H,1-4H3/i5D,6D,7D,8D,9D,10D,11D,12D,13D,14D,15D,16D,17D,18D,19D,20D,21D,22D,23D,24D,25D,26D. The highest BCUT2D eigenvalue weighted by Crippen LogP contribution is 2.53. The number of fused-ring (bicyclic) bond motifs is 14. The summed E-state index contributed by atoms with van der Waals surface area (Å²) in [6.07, 6.45) is 0. The lowest BCUT2D eigenvalue weighted by atomic mass is 9.35. The van der Waals surface area contributed by atoms with Crippen molar-refractivity contribution in [1.82, 2.24) is 4.57 Å². The molecule has 0 saturated carbocycles. The summed E-state index contributed by atoms with van der Waals surface area (Å²) in [6, 6.07) is -13.6. The maximum Gasteiger partial charge on any atom is 0.297 e. The zero-order valence-electron chi connectivity index (χ0n) is 51.2. The summed E-state index contributed by atoms with van der Waals surface area (Å²) in [5, 5.41) is -1.29. The van der Waals surface area contributed by atoms with E-state index in [2.05, 4.69) is 0 Å². The first-order valence-corrected chi connectivity index (χ1v) is 17.4. The topological polar surface area (TPSA) is 37.7 Å². The first-order valence-electron chi connectivity index (χ1n) is 28.4. The molecular formula is C49H34BN3O2. The molecule has 0 spiro atoms. The van der Waals surface area contributed by atoms with Gasteiger partial charge in [0.2, 0.25) is 0 Å². The zero-order valence-corrected chi connectivity index (χ0v) is 29.2. The van der Waals surface area contributed by atoms with Crippen molar-refractivity contribution >= 4 is 112 Å². The van der Waals surface area contributed by atoms with Gasteiger partial charge in [-0.25, -0.2) is 0 Å². The second-order valence-corrected chi connectivity index (χ2v) is 14.8. The van der Waals surface area contributed by atoms with Crippen LogP contribution in [0.15, 0.2) is 142 Å². The van der Waals surface area contributed by atoms with E-state index >= 15 is 0 Å². The van der Waals surface area contributed by atoms with Gasteiger partial charge in [0.25, 0.3) is 6.71 Å². The molecule has 3 aromatic heterocycles. The van der Waals surface area contributed by atoms with Gasteiger partial charge < -0.3 is 23.2 Å². The van der Waals surface area contributed by atoms with Gasteiger partial charge in [0.1, 0.15) is 16.7 Å². The van der Waals surface area contributed by atoms with E-state index in [0.717, 1.165) is 0 Å². The van der Waals surface area contributed by atoms with E-state index in [4.69, 9.17) is 18.4 Å². The smallest absolute Gasteiger partial charge is 0.297 e. The third-order valence-electron chi connectivity index (χ3n) is 10.7. The summed E-state index contributed by atoms with van der Waals surface area (Å²) >= 11 is 0. The summed E-state index contributed by atoms with van der Waals surface area (Å²) in [5.41, 5.74) is -5.51. The monoisotopic (exact) mass is 729 g/mol. The second kappa shape index (κ2) is 9.90. The van der Waals surface area contributed by atoms with Crippen LogP contribution in [-0.2, 0) is 5.41 Å². The zero-order chi connectivity index (χ0) is 55.6. The minimum atomic E-state index is -1.62. The van der Waals surface area contributed by atoms with Gasteiger partial charge in [-0.1, -0.05) is 87.2 Å². The van der Waals surface area contributed by atoms with E-state index in [-0.39, 0.29) is 111 Å². The maximum atomic E-state index is 10.1. The number of aromatic nitrogens is 1. The van der Waals surface area contributed by atoms with Gasteiger partial charge in [0.05, 0.1) is 69.6 Å². The Morgan fingerprint density at radius 1 is 0.564 bits per heavy atom. The van der Waals surface area contributed by atoms with Crippen molar-refractivity contribution in [2.45, 2.75) is 33.1 Å². The number of anilines is 6. The molecule has 0 amide bonds. The van der Waals surface area contributed by atoms with Crippen molar-refractivity contribution < 1.29 is 39.0 Å². The largest absolute Gasteiger partial charge is 0.468 e. The Morgan fingerprint density at radius 3 is 2.16 bits per heavy atom. The van der Waals surface area contributed by atoms with E-state index in [9.17, 15) is 20.6 Å². The molecule has 0 unspecified atom stereocenters. The SMILES string of the molecule is [2H]c1c([2H])c2c3c(c1[2H])-n1c4c([2H])c([2H])c([2H])c([2H])c4c4c([2H])c([2H])c([2H])c(c41)N3c1c([2H])c(C)c([2H])c3c1B2c1oc2c([2H])c([2H])c(C(C)(C)C)c([2H])c2c1N3c1c([2H])c([2H])c2c(oc3c([2H])c([2H])c([2H])c([2H])c32)c1[2H]. The predicted molar refractivity (Wildman–Crippen MR) is 229 cm³/mol. The van der Waals surface area contributed by atoms with E-state index in [1.807, 2.05) is 0 Å². The molecule has 260 valence electrons. The van der Waals surface area contributed by atoms with Crippen LogP contribution in [0, 0.1) is 6.92 Å². The van der Waals surface area contributed by atoms with Crippen molar-refractivity contribution in [1.29, 1.82) is 0 Å². The Morgan fingerprint density at radius 2 is 1.29 bits per heavy atom. The Labute approximate surface area is 348 Å². The molecule has 6 heterocycles. The second-order valence-electron chi connectivity index (χ2n) is 14.8. The summed E-state index contributed by atoms with van der Waals surface area (Å²) < 4.78 is 220. The van der Waals surface area contributed by atoms with E-state index in [1.54, 1.807) is 20.8 Å². The van der Waals surface area contributed by atoms with Crippen LogP contribution in [0.2, 0.25) is 0 Å². The number of rotatable bonds is 1. The van der Waals surface area contributed by atoms with E-state index < -0.39 is 156 Å². The lowest BCUT2D eigenvalue weighted by Gasteiger charge is -2.44. The molecular weight excluding hydrogens is 673 g/mol. The van der Waals surface area contributed by atoms with Crippen molar-refractivity contribution in [3.8, 4) is 5.69 Å². The molecule has 7 aromatic carbocycles.